The number of rotatable bonds is 6. The lowest BCUT2D eigenvalue weighted by molar-refractivity contribution is 0.201. The van der Waals surface area contributed by atoms with Crippen molar-refractivity contribution in [1.29, 1.82) is 0 Å². The zero-order valence-corrected chi connectivity index (χ0v) is 13.8. The molecule has 1 aliphatic carbocycles. The third kappa shape index (κ3) is 4.23. The van der Waals surface area contributed by atoms with Crippen LogP contribution in [-0.2, 0) is 0 Å². The summed E-state index contributed by atoms with van der Waals surface area (Å²) in [6.45, 7) is 7.59. The molecule has 0 aliphatic heterocycles. The fraction of sp³-hybridized carbons (Fsp3) is 0.684. The SMILES string of the molecule is CCCOc1ccccc1C(N)C1CCC(C(C)C)CC1. The molecule has 1 aromatic rings. The lowest BCUT2D eigenvalue weighted by Crippen LogP contribution is -2.27. The van der Waals surface area contributed by atoms with Crippen molar-refractivity contribution in [3.8, 4) is 5.75 Å². The van der Waals surface area contributed by atoms with Crippen LogP contribution in [0.1, 0.15) is 64.5 Å². The average molecular weight is 289 g/mol. The van der Waals surface area contributed by atoms with Crippen LogP contribution >= 0.6 is 0 Å². The normalized spacial score (nSPS) is 24.0. The second-order valence-corrected chi connectivity index (χ2v) is 6.83. The molecule has 0 amide bonds. The molecule has 21 heavy (non-hydrogen) atoms. The Balaban J connectivity index is 2.02. The summed E-state index contributed by atoms with van der Waals surface area (Å²) in [4.78, 5) is 0. The minimum absolute atomic E-state index is 0.117. The summed E-state index contributed by atoms with van der Waals surface area (Å²) in [6.07, 6.45) is 6.20. The summed E-state index contributed by atoms with van der Waals surface area (Å²) in [6, 6.07) is 8.44. The molecule has 1 unspecified atom stereocenters. The van der Waals surface area contributed by atoms with Crippen molar-refractivity contribution in [2.45, 2.75) is 58.9 Å². The van der Waals surface area contributed by atoms with Crippen molar-refractivity contribution >= 4 is 0 Å². The maximum atomic E-state index is 6.58. The van der Waals surface area contributed by atoms with E-state index in [9.17, 15) is 0 Å². The van der Waals surface area contributed by atoms with Gasteiger partial charge in [-0.15, -0.1) is 0 Å². The highest BCUT2D eigenvalue weighted by Gasteiger charge is 2.28. The molecule has 0 aromatic heterocycles. The zero-order valence-electron chi connectivity index (χ0n) is 13.8. The highest BCUT2D eigenvalue weighted by molar-refractivity contribution is 5.36. The molecule has 1 saturated carbocycles. The molecule has 1 aromatic carbocycles. The lowest BCUT2D eigenvalue weighted by Gasteiger charge is -2.34. The van der Waals surface area contributed by atoms with E-state index >= 15 is 0 Å². The van der Waals surface area contributed by atoms with Gasteiger partial charge in [0.25, 0.3) is 0 Å². The third-order valence-corrected chi connectivity index (χ3v) is 5.01. The van der Waals surface area contributed by atoms with Crippen molar-refractivity contribution in [3.05, 3.63) is 29.8 Å². The van der Waals surface area contributed by atoms with Crippen molar-refractivity contribution in [2.75, 3.05) is 6.61 Å². The zero-order chi connectivity index (χ0) is 15.2. The molecule has 1 fully saturated rings. The van der Waals surface area contributed by atoms with Gasteiger partial charge in [0.2, 0.25) is 0 Å². The number of hydrogen-bond donors (Lipinski definition) is 1. The fourth-order valence-electron chi connectivity index (χ4n) is 3.52. The van der Waals surface area contributed by atoms with Gasteiger partial charge < -0.3 is 10.5 Å². The molecule has 1 aliphatic rings. The predicted molar refractivity (Wildman–Crippen MR) is 89.4 cm³/mol. The van der Waals surface area contributed by atoms with Gasteiger partial charge in [0.15, 0.2) is 0 Å². The van der Waals surface area contributed by atoms with Crippen LogP contribution in [0.25, 0.3) is 0 Å². The minimum atomic E-state index is 0.117. The van der Waals surface area contributed by atoms with Gasteiger partial charge in [-0.3, -0.25) is 0 Å². The molecule has 118 valence electrons. The van der Waals surface area contributed by atoms with Gasteiger partial charge in [-0.2, -0.15) is 0 Å². The number of hydrogen-bond acceptors (Lipinski definition) is 2. The Labute approximate surface area is 130 Å². The van der Waals surface area contributed by atoms with E-state index < -0.39 is 0 Å². The van der Waals surface area contributed by atoms with Gasteiger partial charge in [0.05, 0.1) is 6.61 Å². The number of nitrogens with two attached hydrogens (primary N) is 1. The molecular formula is C19H31NO. The monoisotopic (exact) mass is 289 g/mol. The van der Waals surface area contributed by atoms with Crippen molar-refractivity contribution in [3.63, 3.8) is 0 Å². The largest absolute Gasteiger partial charge is 0.493 e. The Morgan fingerprint density at radius 3 is 2.33 bits per heavy atom. The molecule has 0 heterocycles. The maximum Gasteiger partial charge on any atom is 0.124 e. The van der Waals surface area contributed by atoms with E-state index in [1.165, 1.54) is 31.2 Å². The van der Waals surface area contributed by atoms with Gasteiger partial charge in [-0.25, -0.2) is 0 Å². The van der Waals surface area contributed by atoms with E-state index in [-0.39, 0.29) is 6.04 Å². The summed E-state index contributed by atoms with van der Waals surface area (Å²) >= 11 is 0. The van der Waals surface area contributed by atoms with Crippen LogP contribution in [0.4, 0.5) is 0 Å². The van der Waals surface area contributed by atoms with E-state index in [0.29, 0.717) is 5.92 Å². The molecule has 2 N–H and O–H groups in total. The molecule has 1 atom stereocenters. The van der Waals surface area contributed by atoms with Crippen LogP contribution in [0.5, 0.6) is 5.75 Å². The van der Waals surface area contributed by atoms with Crippen molar-refractivity contribution < 1.29 is 4.74 Å². The Morgan fingerprint density at radius 1 is 1.10 bits per heavy atom. The van der Waals surface area contributed by atoms with Gasteiger partial charge in [-0.1, -0.05) is 39.0 Å². The number of ether oxygens (including phenoxy) is 1. The molecule has 0 radical (unpaired) electrons. The summed E-state index contributed by atoms with van der Waals surface area (Å²) in [5.41, 5.74) is 7.78. The summed E-state index contributed by atoms with van der Waals surface area (Å²) in [5, 5.41) is 0. The topological polar surface area (TPSA) is 35.2 Å². The van der Waals surface area contributed by atoms with Crippen LogP contribution in [0.3, 0.4) is 0 Å². The third-order valence-electron chi connectivity index (χ3n) is 5.01. The van der Waals surface area contributed by atoms with Gasteiger partial charge in [0, 0.05) is 11.6 Å². The van der Waals surface area contributed by atoms with E-state index in [2.05, 4.69) is 39.0 Å². The number of para-hydroxylation sites is 1. The predicted octanol–water partition coefficient (Wildman–Crippen LogP) is 4.94. The summed E-state index contributed by atoms with van der Waals surface area (Å²) < 4.78 is 5.88. The van der Waals surface area contributed by atoms with E-state index in [4.69, 9.17) is 10.5 Å². The average Bonchev–Trinajstić information content (AvgIpc) is 2.52. The van der Waals surface area contributed by atoms with E-state index in [1.54, 1.807) is 0 Å². The smallest absolute Gasteiger partial charge is 0.124 e. The lowest BCUT2D eigenvalue weighted by atomic mass is 9.73. The second kappa shape index (κ2) is 7.84. The summed E-state index contributed by atoms with van der Waals surface area (Å²) in [7, 11) is 0. The van der Waals surface area contributed by atoms with Crippen LogP contribution < -0.4 is 10.5 Å². The number of benzene rings is 1. The first-order valence-corrected chi connectivity index (χ1v) is 8.60. The molecule has 0 saturated heterocycles. The first-order chi connectivity index (χ1) is 10.1. The Kier molecular flexibility index (Phi) is 6.10. The highest BCUT2D eigenvalue weighted by Crippen LogP contribution is 2.40. The Bertz CT molecular complexity index is 421. The maximum absolute atomic E-state index is 6.58. The first-order valence-electron chi connectivity index (χ1n) is 8.60. The molecule has 2 rings (SSSR count). The van der Waals surface area contributed by atoms with Crippen LogP contribution in [0.15, 0.2) is 24.3 Å². The highest BCUT2D eigenvalue weighted by atomic mass is 16.5. The second-order valence-electron chi connectivity index (χ2n) is 6.83. The van der Waals surface area contributed by atoms with Gasteiger partial charge in [0.1, 0.15) is 5.75 Å². The quantitative estimate of drug-likeness (QED) is 0.805. The van der Waals surface area contributed by atoms with Crippen LogP contribution in [0, 0.1) is 17.8 Å². The van der Waals surface area contributed by atoms with Crippen LogP contribution in [-0.4, -0.2) is 6.61 Å². The summed E-state index contributed by atoms with van der Waals surface area (Å²) in [5.74, 6) is 3.28. The van der Waals surface area contributed by atoms with E-state index in [1.807, 2.05) is 6.07 Å². The standard InChI is InChI=1S/C19H31NO/c1-4-13-21-18-8-6-5-7-17(18)19(20)16-11-9-15(10-12-16)14(2)3/h5-8,14-16,19H,4,9-13,20H2,1-3H3. The van der Waals surface area contributed by atoms with Crippen LogP contribution in [0.2, 0.25) is 0 Å². The molecule has 2 heteroatoms. The van der Waals surface area contributed by atoms with E-state index in [0.717, 1.165) is 30.6 Å². The van der Waals surface area contributed by atoms with Gasteiger partial charge >= 0.3 is 0 Å². The molecule has 2 nitrogen and oxygen atoms in total. The Morgan fingerprint density at radius 2 is 1.71 bits per heavy atom. The van der Waals surface area contributed by atoms with Crippen molar-refractivity contribution in [2.24, 2.45) is 23.5 Å². The first kappa shape index (κ1) is 16.4. The molecule has 0 bridgehead atoms. The minimum Gasteiger partial charge on any atom is -0.493 e. The fourth-order valence-corrected chi connectivity index (χ4v) is 3.52. The Hall–Kier alpha value is -1.02. The van der Waals surface area contributed by atoms with Crippen molar-refractivity contribution in [1.82, 2.24) is 0 Å². The molecular weight excluding hydrogens is 258 g/mol. The van der Waals surface area contributed by atoms with Gasteiger partial charge in [-0.05, 0) is 55.9 Å². The molecule has 0 spiro atoms.